The Morgan fingerprint density at radius 2 is 2.13 bits per heavy atom. The zero-order valence-electron chi connectivity index (χ0n) is 8.27. The monoisotopic (exact) mass is 222 g/mol. The molecule has 0 amide bonds. The van der Waals surface area contributed by atoms with Crippen molar-refractivity contribution in [3.05, 3.63) is 58.5 Å². The van der Waals surface area contributed by atoms with Crippen molar-refractivity contribution in [2.24, 2.45) is 0 Å². The lowest BCUT2D eigenvalue weighted by molar-refractivity contribution is 0.188. The summed E-state index contributed by atoms with van der Waals surface area (Å²) in [6.45, 7) is 1.90. The molecule has 0 saturated heterocycles. The van der Waals surface area contributed by atoms with Gasteiger partial charge >= 0.3 is 0 Å². The number of aliphatic hydroxyl groups is 1. The molecule has 1 atom stereocenters. The number of halogens is 1. The lowest BCUT2D eigenvalue weighted by Crippen LogP contribution is -1.99. The van der Waals surface area contributed by atoms with Gasteiger partial charge in [0.1, 0.15) is 11.9 Å². The third kappa shape index (κ3) is 2.06. The molecule has 15 heavy (non-hydrogen) atoms. The van der Waals surface area contributed by atoms with Crippen molar-refractivity contribution in [1.82, 2.24) is 0 Å². The van der Waals surface area contributed by atoms with Gasteiger partial charge in [-0.25, -0.2) is 0 Å². The van der Waals surface area contributed by atoms with Crippen molar-refractivity contribution >= 4 is 11.6 Å². The van der Waals surface area contributed by atoms with Gasteiger partial charge in [0, 0.05) is 5.02 Å². The number of aliphatic hydroxyl groups excluding tert-OH is 1. The lowest BCUT2D eigenvalue weighted by Gasteiger charge is -2.09. The predicted molar refractivity (Wildman–Crippen MR) is 59.0 cm³/mol. The van der Waals surface area contributed by atoms with Crippen molar-refractivity contribution in [3.8, 4) is 0 Å². The Morgan fingerprint density at radius 3 is 2.73 bits per heavy atom. The number of aryl methyl sites for hydroxylation is 1. The molecular weight excluding hydrogens is 212 g/mol. The Labute approximate surface area is 93.1 Å². The van der Waals surface area contributed by atoms with E-state index in [4.69, 9.17) is 16.0 Å². The minimum absolute atomic E-state index is 0.567. The van der Waals surface area contributed by atoms with Crippen molar-refractivity contribution in [3.63, 3.8) is 0 Å². The van der Waals surface area contributed by atoms with Gasteiger partial charge in [-0.1, -0.05) is 23.7 Å². The van der Waals surface area contributed by atoms with Gasteiger partial charge in [-0.05, 0) is 36.2 Å². The zero-order valence-corrected chi connectivity index (χ0v) is 9.03. The molecule has 2 nitrogen and oxygen atoms in total. The van der Waals surface area contributed by atoms with Crippen molar-refractivity contribution in [2.45, 2.75) is 13.0 Å². The number of hydrogen-bond acceptors (Lipinski definition) is 2. The normalized spacial score (nSPS) is 12.7. The van der Waals surface area contributed by atoms with Crippen LogP contribution in [0.1, 0.15) is 23.0 Å². The van der Waals surface area contributed by atoms with E-state index >= 15 is 0 Å². The minimum Gasteiger partial charge on any atom is -0.466 e. The van der Waals surface area contributed by atoms with Crippen LogP contribution < -0.4 is 0 Å². The Balaban J connectivity index is 2.36. The highest BCUT2D eigenvalue weighted by atomic mass is 35.5. The smallest absolute Gasteiger partial charge is 0.139 e. The van der Waals surface area contributed by atoms with Gasteiger partial charge in [0.15, 0.2) is 0 Å². The maximum Gasteiger partial charge on any atom is 0.139 e. The largest absolute Gasteiger partial charge is 0.466 e. The fraction of sp³-hybridized carbons (Fsp3) is 0.167. The molecule has 0 aliphatic rings. The fourth-order valence-corrected chi connectivity index (χ4v) is 1.69. The molecule has 3 heteroatoms. The zero-order chi connectivity index (χ0) is 10.8. The Hall–Kier alpha value is -1.25. The maximum absolute atomic E-state index is 10.0. The third-order valence-electron chi connectivity index (χ3n) is 2.31. The molecule has 0 aliphatic heterocycles. The summed E-state index contributed by atoms with van der Waals surface area (Å²) in [4.78, 5) is 0. The quantitative estimate of drug-likeness (QED) is 0.846. The molecule has 1 aromatic carbocycles. The van der Waals surface area contributed by atoms with E-state index in [1.807, 2.05) is 19.1 Å². The second kappa shape index (κ2) is 4.09. The van der Waals surface area contributed by atoms with Crippen LogP contribution in [0.4, 0.5) is 0 Å². The summed E-state index contributed by atoms with van der Waals surface area (Å²) in [5.41, 5.74) is 1.67. The van der Waals surface area contributed by atoms with Gasteiger partial charge in [0.2, 0.25) is 0 Å². The Bertz CT molecular complexity index is 462. The van der Waals surface area contributed by atoms with E-state index in [0.29, 0.717) is 10.8 Å². The highest BCUT2D eigenvalue weighted by Gasteiger charge is 2.15. The molecule has 0 saturated carbocycles. The summed E-state index contributed by atoms with van der Waals surface area (Å²) in [6, 6.07) is 8.95. The van der Waals surface area contributed by atoms with Gasteiger partial charge in [-0.15, -0.1) is 0 Å². The van der Waals surface area contributed by atoms with Gasteiger partial charge in [0.25, 0.3) is 0 Å². The van der Waals surface area contributed by atoms with Crippen LogP contribution in [0.25, 0.3) is 0 Å². The fourth-order valence-electron chi connectivity index (χ4n) is 1.49. The van der Waals surface area contributed by atoms with E-state index in [9.17, 15) is 5.11 Å². The molecule has 2 aromatic rings. The molecule has 0 fully saturated rings. The highest BCUT2D eigenvalue weighted by Crippen LogP contribution is 2.26. The second-order valence-corrected chi connectivity index (χ2v) is 3.86. The van der Waals surface area contributed by atoms with E-state index in [1.54, 1.807) is 24.5 Å². The average Bonchev–Trinajstić information content (AvgIpc) is 2.63. The van der Waals surface area contributed by atoms with Gasteiger partial charge < -0.3 is 9.52 Å². The average molecular weight is 223 g/mol. The minimum atomic E-state index is -0.751. The molecule has 0 spiro atoms. The van der Waals surface area contributed by atoms with Crippen LogP contribution >= 0.6 is 11.6 Å². The molecule has 1 unspecified atom stereocenters. The van der Waals surface area contributed by atoms with Crippen LogP contribution in [0.5, 0.6) is 0 Å². The van der Waals surface area contributed by atoms with Crippen LogP contribution in [0, 0.1) is 6.92 Å². The molecule has 1 heterocycles. The molecule has 1 aromatic heterocycles. The van der Waals surface area contributed by atoms with Gasteiger partial charge in [0.05, 0.1) is 6.26 Å². The number of rotatable bonds is 2. The summed E-state index contributed by atoms with van der Waals surface area (Å²) in [5, 5.41) is 10.6. The van der Waals surface area contributed by atoms with Crippen molar-refractivity contribution in [2.75, 3.05) is 0 Å². The Morgan fingerprint density at radius 1 is 1.33 bits per heavy atom. The third-order valence-corrected chi connectivity index (χ3v) is 2.55. The van der Waals surface area contributed by atoms with Crippen LogP contribution in [-0.2, 0) is 0 Å². The molecule has 0 aliphatic carbocycles. The highest BCUT2D eigenvalue weighted by molar-refractivity contribution is 6.30. The number of furan rings is 1. The molecular formula is C12H11ClO2. The van der Waals surface area contributed by atoms with E-state index in [-0.39, 0.29) is 0 Å². The van der Waals surface area contributed by atoms with E-state index in [1.165, 1.54) is 0 Å². The number of benzene rings is 1. The van der Waals surface area contributed by atoms with E-state index in [2.05, 4.69) is 0 Å². The predicted octanol–water partition coefficient (Wildman–Crippen LogP) is 3.32. The first-order valence-electron chi connectivity index (χ1n) is 4.66. The summed E-state index contributed by atoms with van der Waals surface area (Å²) in [5.74, 6) is 0.567. The second-order valence-electron chi connectivity index (χ2n) is 3.43. The van der Waals surface area contributed by atoms with Crippen LogP contribution in [0.3, 0.4) is 0 Å². The molecule has 2 rings (SSSR count). The first kappa shape index (κ1) is 10.3. The first-order chi connectivity index (χ1) is 7.18. The van der Waals surface area contributed by atoms with Crippen molar-refractivity contribution < 1.29 is 9.52 Å². The molecule has 0 bridgehead atoms. The van der Waals surface area contributed by atoms with Gasteiger partial charge in [-0.3, -0.25) is 0 Å². The molecule has 0 radical (unpaired) electrons. The summed E-state index contributed by atoms with van der Waals surface area (Å²) in [6.07, 6.45) is 0.817. The topological polar surface area (TPSA) is 33.4 Å². The van der Waals surface area contributed by atoms with E-state index < -0.39 is 6.10 Å². The maximum atomic E-state index is 10.0. The first-order valence-corrected chi connectivity index (χ1v) is 5.04. The Kier molecular flexibility index (Phi) is 2.80. The van der Waals surface area contributed by atoms with Crippen LogP contribution in [-0.4, -0.2) is 5.11 Å². The van der Waals surface area contributed by atoms with Crippen molar-refractivity contribution in [1.29, 1.82) is 0 Å². The van der Waals surface area contributed by atoms with Crippen LogP contribution in [0.15, 0.2) is 41.0 Å². The number of hydrogen-bond donors (Lipinski definition) is 1. The van der Waals surface area contributed by atoms with E-state index in [0.717, 1.165) is 11.1 Å². The standard InChI is InChI=1S/C12H11ClO2/c1-8-5-6-15-12(8)11(14)9-3-2-4-10(13)7-9/h2-7,11,14H,1H3. The van der Waals surface area contributed by atoms with Gasteiger partial charge in [-0.2, -0.15) is 0 Å². The summed E-state index contributed by atoms with van der Waals surface area (Å²) in [7, 11) is 0. The molecule has 78 valence electrons. The molecule has 1 N–H and O–H groups in total. The summed E-state index contributed by atoms with van der Waals surface area (Å²) < 4.78 is 5.23. The summed E-state index contributed by atoms with van der Waals surface area (Å²) >= 11 is 5.85. The van der Waals surface area contributed by atoms with Crippen LogP contribution in [0.2, 0.25) is 5.02 Å². The lowest BCUT2D eigenvalue weighted by atomic mass is 10.1. The SMILES string of the molecule is Cc1ccoc1C(O)c1cccc(Cl)c1.